The molecule has 8 nitrogen and oxygen atoms in total. The highest BCUT2D eigenvalue weighted by molar-refractivity contribution is 5.87. The van der Waals surface area contributed by atoms with Crippen molar-refractivity contribution < 1.29 is 9.90 Å². The fourth-order valence-corrected chi connectivity index (χ4v) is 3.42. The third-order valence-electron chi connectivity index (χ3n) is 5.15. The van der Waals surface area contributed by atoms with Gasteiger partial charge in [0.2, 0.25) is 5.95 Å². The van der Waals surface area contributed by atoms with Crippen LogP contribution in [-0.2, 0) is 17.8 Å². The Bertz CT molecular complexity index is 1180. The number of anilines is 2. The zero-order valence-corrected chi connectivity index (χ0v) is 17.9. The summed E-state index contributed by atoms with van der Waals surface area (Å²) in [6.07, 6.45) is 3.58. The lowest BCUT2D eigenvalue weighted by molar-refractivity contribution is -0.137. The number of aromatic nitrogens is 4. The maximum atomic E-state index is 11.4. The molecule has 0 radical (unpaired) electrons. The van der Waals surface area contributed by atoms with Gasteiger partial charge in [0, 0.05) is 6.54 Å². The first-order chi connectivity index (χ1) is 15.6. The minimum Gasteiger partial charge on any atom is -0.480 e. The zero-order valence-electron chi connectivity index (χ0n) is 17.9. The van der Waals surface area contributed by atoms with E-state index in [0.717, 1.165) is 18.4 Å². The Balaban J connectivity index is 1.56. The van der Waals surface area contributed by atoms with Gasteiger partial charge >= 0.3 is 5.97 Å². The van der Waals surface area contributed by atoms with Crippen LogP contribution in [0.5, 0.6) is 0 Å². The summed E-state index contributed by atoms with van der Waals surface area (Å²) in [4.78, 5) is 25.0. The summed E-state index contributed by atoms with van der Waals surface area (Å²) in [6, 6.07) is 19.5. The van der Waals surface area contributed by atoms with Crippen LogP contribution in [0.1, 0.15) is 24.5 Å². The third kappa shape index (κ3) is 5.21. The number of aryl methyl sites for hydroxylation is 1. The highest BCUT2D eigenvalue weighted by Crippen LogP contribution is 2.22. The van der Waals surface area contributed by atoms with E-state index in [0.29, 0.717) is 36.0 Å². The van der Waals surface area contributed by atoms with Gasteiger partial charge in [-0.1, -0.05) is 60.7 Å². The molecule has 0 saturated carbocycles. The van der Waals surface area contributed by atoms with E-state index >= 15 is 0 Å². The van der Waals surface area contributed by atoms with Gasteiger partial charge in [-0.2, -0.15) is 9.97 Å². The van der Waals surface area contributed by atoms with Crippen LogP contribution in [0.15, 0.2) is 67.0 Å². The van der Waals surface area contributed by atoms with Crippen molar-refractivity contribution in [1.82, 2.24) is 19.5 Å². The van der Waals surface area contributed by atoms with Gasteiger partial charge in [-0.05, 0) is 30.9 Å². The van der Waals surface area contributed by atoms with Crippen molar-refractivity contribution in [3.05, 3.63) is 78.1 Å². The monoisotopic (exact) mass is 430 g/mol. The minimum atomic E-state index is -0.960. The number of imidazole rings is 1. The van der Waals surface area contributed by atoms with Crippen molar-refractivity contribution in [3.8, 4) is 0 Å². The first-order valence-electron chi connectivity index (χ1n) is 10.6. The lowest BCUT2D eigenvalue weighted by Crippen LogP contribution is -2.26. The van der Waals surface area contributed by atoms with Crippen LogP contribution in [0.3, 0.4) is 0 Å². The molecule has 164 valence electrons. The molecule has 0 bridgehead atoms. The van der Waals surface area contributed by atoms with Crippen LogP contribution in [0.25, 0.3) is 11.2 Å². The molecule has 8 heteroatoms. The number of carboxylic acid groups (broad SMARTS) is 1. The summed E-state index contributed by atoms with van der Waals surface area (Å²) in [7, 11) is 0. The van der Waals surface area contributed by atoms with E-state index in [1.165, 1.54) is 5.56 Å². The van der Waals surface area contributed by atoms with E-state index in [4.69, 9.17) is 0 Å². The highest BCUT2D eigenvalue weighted by atomic mass is 16.4. The molecule has 2 aromatic carbocycles. The predicted molar refractivity (Wildman–Crippen MR) is 125 cm³/mol. The van der Waals surface area contributed by atoms with Crippen LogP contribution < -0.4 is 10.6 Å². The SMILES string of the molecule is C[C@H](Nc1nc(NCCCc2ccccc2)nc2c1ncn2Cc1ccccc1)C(=O)O. The molecule has 0 aliphatic rings. The predicted octanol–water partition coefficient (Wildman–Crippen LogP) is 3.80. The molecule has 3 N–H and O–H groups in total. The molecule has 0 saturated heterocycles. The molecular formula is C24H26N6O2. The van der Waals surface area contributed by atoms with Gasteiger partial charge in [-0.25, -0.2) is 4.98 Å². The second kappa shape index (κ2) is 9.91. The Hall–Kier alpha value is -3.94. The third-order valence-corrected chi connectivity index (χ3v) is 5.15. The molecule has 1 atom stereocenters. The normalized spacial score (nSPS) is 11.9. The molecule has 0 aliphatic carbocycles. The van der Waals surface area contributed by atoms with E-state index in [1.807, 2.05) is 53.1 Å². The van der Waals surface area contributed by atoms with Crippen LogP contribution in [0.4, 0.5) is 11.8 Å². The number of carbonyl (C=O) groups is 1. The van der Waals surface area contributed by atoms with Gasteiger partial charge in [0.15, 0.2) is 17.0 Å². The maximum Gasteiger partial charge on any atom is 0.325 e. The molecular weight excluding hydrogens is 404 g/mol. The van der Waals surface area contributed by atoms with Crippen molar-refractivity contribution in [2.45, 2.75) is 32.4 Å². The second-order valence-corrected chi connectivity index (χ2v) is 7.65. The number of hydrogen-bond acceptors (Lipinski definition) is 6. The smallest absolute Gasteiger partial charge is 0.325 e. The number of benzene rings is 2. The maximum absolute atomic E-state index is 11.4. The van der Waals surface area contributed by atoms with Gasteiger partial charge in [0.1, 0.15) is 6.04 Å². The number of carboxylic acids is 1. The van der Waals surface area contributed by atoms with Gasteiger partial charge in [-0.15, -0.1) is 0 Å². The van der Waals surface area contributed by atoms with E-state index in [2.05, 4.69) is 37.7 Å². The first kappa shape index (κ1) is 21.3. The van der Waals surface area contributed by atoms with Crippen LogP contribution in [0.2, 0.25) is 0 Å². The fourth-order valence-electron chi connectivity index (χ4n) is 3.42. The van der Waals surface area contributed by atoms with Crippen LogP contribution in [-0.4, -0.2) is 43.2 Å². The number of nitrogens with zero attached hydrogens (tertiary/aromatic N) is 4. The molecule has 0 fully saturated rings. The lowest BCUT2D eigenvalue weighted by Gasteiger charge is -2.13. The minimum absolute atomic E-state index is 0.405. The van der Waals surface area contributed by atoms with E-state index < -0.39 is 12.0 Å². The van der Waals surface area contributed by atoms with E-state index in [9.17, 15) is 9.90 Å². The average Bonchev–Trinajstić information content (AvgIpc) is 3.21. The number of hydrogen-bond donors (Lipinski definition) is 3. The lowest BCUT2D eigenvalue weighted by atomic mass is 10.1. The summed E-state index contributed by atoms with van der Waals surface area (Å²) in [5.41, 5.74) is 3.60. The number of fused-ring (bicyclic) bond motifs is 1. The van der Waals surface area contributed by atoms with E-state index in [1.54, 1.807) is 13.3 Å². The number of rotatable bonds is 10. The van der Waals surface area contributed by atoms with Crippen molar-refractivity contribution in [2.24, 2.45) is 0 Å². The zero-order chi connectivity index (χ0) is 22.3. The van der Waals surface area contributed by atoms with E-state index in [-0.39, 0.29) is 0 Å². The molecule has 32 heavy (non-hydrogen) atoms. The Morgan fingerprint density at radius 3 is 2.41 bits per heavy atom. The standard InChI is InChI=1S/C24H26N6O2/c1-17(23(31)32)27-21-20-22(30(16-26-20)15-19-11-6-3-7-12-19)29-24(28-21)25-14-8-13-18-9-4-2-5-10-18/h2-7,9-12,16-17H,8,13-15H2,1H3,(H,31,32)(H2,25,27,28,29)/t17-/m0/s1. The van der Waals surface area contributed by atoms with Gasteiger partial charge in [-0.3, -0.25) is 4.79 Å². The molecule has 2 heterocycles. The average molecular weight is 431 g/mol. The summed E-state index contributed by atoms with van der Waals surface area (Å²) in [5, 5.41) is 15.6. The van der Waals surface area contributed by atoms with Crippen LogP contribution in [0, 0.1) is 0 Å². The summed E-state index contributed by atoms with van der Waals surface area (Å²) in [5.74, 6) is -0.111. The number of aliphatic carboxylic acids is 1. The molecule has 0 unspecified atom stereocenters. The van der Waals surface area contributed by atoms with Crippen molar-refractivity contribution in [1.29, 1.82) is 0 Å². The van der Waals surface area contributed by atoms with Crippen LogP contribution >= 0.6 is 0 Å². The quantitative estimate of drug-likeness (QED) is 0.329. The summed E-state index contributed by atoms with van der Waals surface area (Å²) >= 11 is 0. The number of nitrogens with one attached hydrogen (secondary N) is 2. The summed E-state index contributed by atoms with van der Waals surface area (Å²) < 4.78 is 1.94. The topological polar surface area (TPSA) is 105 Å². The van der Waals surface area contributed by atoms with Gasteiger partial charge in [0.05, 0.1) is 12.9 Å². The Morgan fingerprint density at radius 1 is 1.03 bits per heavy atom. The molecule has 0 spiro atoms. The highest BCUT2D eigenvalue weighted by Gasteiger charge is 2.18. The first-order valence-corrected chi connectivity index (χ1v) is 10.6. The Morgan fingerprint density at radius 2 is 1.72 bits per heavy atom. The Labute approximate surface area is 186 Å². The molecule has 0 aliphatic heterocycles. The molecule has 2 aromatic heterocycles. The van der Waals surface area contributed by atoms with Crippen molar-refractivity contribution in [3.63, 3.8) is 0 Å². The fraction of sp³-hybridized carbons (Fsp3) is 0.250. The molecule has 4 aromatic rings. The van der Waals surface area contributed by atoms with Gasteiger partial charge < -0.3 is 20.3 Å². The molecule has 0 amide bonds. The van der Waals surface area contributed by atoms with Gasteiger partial charge in [0.25, 0.3) is 0 Å². The molecule has 4 rings (SSSR count). The van der Waals surface area contributed by atoms with Crippen molar-refractivity contribution >= 4 is 28.9 Å². The second-order valence-electron chi connectivity index (χ2n) is 7.65. The summed E-state index contributed by atoms with van der Waals surface area (Å²) in [6.45, 7) is 2.88. The van der Waals surface area contributed by atoms with Crippen molar-refractivity contribution in [2.75, 3.05) is 17.2 Å². The largest absolute Gasteiger partial charge is 0.480 e. The Kier molecular flexibility index (Phi) is 6.60.